The highest BCUT2D eigenvalue weighted by atomic mass is 32.2. The molecule has 0 unspecified atom stereocenters. The predicted octanol–water partition coefficient (Wildman–Crippen LogP) is 3.14. The lowest BCUT2D eigenvalue weighted by molar-refractivity contribution is -0.124. The van der Waals surface area contributed by atoms with Gasteiger partial charge in [0, 0.05) is 23.2 Å². The number of carbonyl (C=O) groups is 2. The molecule has 0 radical (unpaired) electrons. The molecule has 9 heteroatoms. The Hall–Kier alpha value is -2.52. The second kappa shape index (κ2) is 7.00. The molecule has 132 valence electrons. The summed E-state index contributed by atoms with van der Waals surface area (Å²) in [6, 6.07) is 5.95. The summed E-state index contributed by atoms with van der Waals surface area (Å²) >= 11 is 2.96. The van der Waals surface area contributed by atoms with E-state index < -0.39 is 0 Å². The SMILES string of the molecule is O=C1CNC(=O)N1CCSc1ncnc2scc(-c3ccc(F)cc3)c12. The van der Waals surface area contributed by atoms with E-state index >= 15 is 0 Å². The van der Waals surface area contributed by atoms with Crippen LogP contribution in [0, 0.1) is 5.82 Å². The summed E-state index contributed by atoms with van der Waals surface area (Å²) in [6.45, 7) is 0.372. The summed E-state index contributed by atoms with van der Waals surface area (Å²) in [4.78, 5) is 34.0. The lowest BCUT2D eigenvalue weighted by Crippen LogP contribution is -2.32. The van der Waals surface area contributed by atoms with Crippen LogP contribution < -0.4 is 5.32 Å². The third-order valence-corrected chi connectivity index (χ3v) is 5.84. The normalized spacial score (nSPS) is 14.3. The van der Waals surface area contributed by atoms with Gasteiger partial charge in [-0.05, 0) is 17.7 Å². The fourth-order valence-corrected chi connectivity index (χ4v) is 4.63. The maximum Gasteiger partial charge on any atom is 0.324 e. The average Bonchev–Trinajstić information content (AvgIpc) is 3.21. The summed E-state index contributed by atoms with van der Waals surface area (Å²) in [5, 5.41) is 6.17. The Morgan fingerprint density at radius 3 is 2.77 bits per heavy atom. The Bertz CT molecular complexity index is 974. The van der Waals surface area contributed by atoms with Crippen molar-refractivity contribution in [2.45, 2.75) is 5.03 Å². The number of imide groups is 1. The molecule has 3 heterocycles. The molecule has 3 aromatic rings. The van der Waals surface area contributed by atoms with Gasteiger partial charge >= 0.3 is 6.03 Å². The number of thiophene rings is 1. The van der Waals surface area contributed by atoms with Crippen LogP contribution in [0.5, 0.6) is 0 Å². The van der Waals surface area contributed by atoms with Crippen LogP contribution in [0.3, 0.4) is 0 Å². The first kappa shape index (κ1) is 16.9. The molecule has 1 N–H and O–H groups in total. The minimum atomic E-state index is -0.356. The van der Waals surface area contributed by atoms with E-state index in [4.69, 9.17) is 0 Å². The van der Waals surface area contributed by atoms with Crippen LogP contribution in [-0.2, 0) is 4.79 Å². The van der Waals surface area contributed by atoms with Crippen molar-refractivity contribution in [2.75, 3.05) is 18.8 Å². The number of fused-ring (bicyclic) bond motifs is 1. The Morgan fingerprint density at radius 1 is 1.23 bits per heavy atom. The van der Waals surface area contributed by atoms with Crippen molar-refractivity contribution < 1.29 is 14.0 Å². The number of urea groups is 1. The smallest absolute Gasteiger partial charge is 0.324 e. The molecule has 0 spiro atoms. The van der Waals surface area contributed by atoms with Gasteiger partial charge in [0.2, 0.25) is 5.91 Å². The molecule has 1 fully saturated rings. The molecule has 1 aliphatic heterocycles. The van der Waals surface area contributed by atoms with Gasteiger partial charge in [-0.2, -0.15) is 0 Å². The van der Waals surface area contributed by atoms with Crippen LogP contribution in [0.2, 0.25) is 0 Å². The van der Waals surface area contributed by atoms with Gasteiger partial charge in [-0.25, -0.2) is 19.2 Å². The highest BCUT2D eigenvalue weighted by molar-refractivity contribution is 7.99. The molecule has 3 amide bonds. The Kier molecular flexibility index (Phi) is 4.56. The van der Waals surface area contributed by atoms with E-state index in [0.717, 1.165) is 26.4 Å². The maximum atomic E-state index is 13.2. The van der Waals surface area contributed by atoms with E-state index in [1.165, 1.54) is 46.5 Å². The number of halogens is 1. The van der Waals surface area contributed by atoms with E-state index in [1.807, 2.05) is 5.38 Å². The predicted molar refractivity (Wildman–Crippen MR) is 98.6 cm³/mol. The van der Waals surface area contributed by atoms with Gasteiger partial charge in [0.05, 0.1) is 11.9 Å². The van der Waals surface area contributed by atoms with Crippen LogP contribution in [0.15, 0.2) is 41.0 Å². The van der Waals surface area contributed by atoms with Gasteiger partial charge < -0.3 is 5.32 Å². The molecule has 26 heavy (non-hydrogen) atoms. The first-order valence-corrected chi connectivity index (χ1v) is 9.69. The van der Waals surface area contributed by atoms with Gasteiger partial charge in [-0.3, -0.25) is 9.69 Å². The summed E-state index contributed by atoms with van der Waals surface area (Å²) in [7, 11) is 0. The third kappa shape index (κ3) is 3.15. The van der Waals surface area contributed by atoms with Crippen molar-refractivity contribution in [3.05, 3.63) is 41.8 Å². The maximum absolute atomic E-state index is 13.2. The quantitative estimate of drug-likeness (QED) is 0.413. The second-order valence-electron chi connectivity index (χ2n) is 5.57. The van der Waals surface area contributed by atoms with Crippen LogP contribution in [0.1, 0.15) is 0 Å². The number of hydrogen-bond donors (Lipinski definition) is 1. The summed E-state index contributed by atoms with van der Waals surface area (Å²) in [5.74, 6) is 0.0305. The highest BCUT2D eigenvalue weighted by Crippen LogP contribution is 2.37. The number of thioether (sulfide) groups is 1. The summed E-state index contributed by atoms with van der Waals surface area (Å²) < 4.78 is 13.2. The van der Waals surface area contributed by atoms with Gasteiger partial charge in [-0.1, -0.05) is 12.1 Å². The standard InChI is InChI=1S/C17H13FN4O2S2/c18-11-3-1-10(2-4-11)12-8-26-16-14(12)15(20-9-21-16)25-6-5-22-13(23)7-19-17(22)24/h1-4,8-9H,5-7H2,(H,19,24). The number of carbonyl (C=O) groups excluding carboxylic acids is 2. The number of nitrogens with one attached hydrogen (secondary N) is 1. The molecule has 6 nitrogen and oxygen atoms in total. The number of benzene rings is 1. The van der Waals surface area contributed by atoms with E-state index in [9.17, 15) is 14.0 Å². The van der Waals surface area contributed by atoms with Crippen LogP contribution in [0.4, 0.5) is 9.18 Å². The summed E-state index contributed by atoms with van der Waals surface area (Å²) in [5.41, 5.74) is 1.84. The topological polar surface area (TPSA) is 75.2 Å². The number of aromatic nitrogens is 2. The number of amides is 3. The molecule has 4 rings (SSSR count). The van der Waals surface area contributed by atoms with E-state index in [2.05, 4.69) is 15.3 Å². The van der Waals surface area contributed by atoms with Crippen molar-refractivity contribution in [3.8, 4) is 11.1 Å². The average molecular weight is 388 g/mol. The van der Waals surface area contributed by atoms with Gasteiger partial charge in [-0.15, -0.1) is 23.1 Å². The number of nitrogens with zero attached hydrogens (tertiary/aromatic N) is 3. The molecule has 1 saturated heterocycles. The van der Waals surface area contributed by atoms with Crippen LogP contribution in [0.25, 0.3) is 21.3 Å². The zero-order valence-electron chi connectivity index (χ0n) is 13.4. The van der Waals surface area contributed by atoms with Gasteiger partial charge in [0.1, 0.15) is 22.0 Å². The number of rotatable bonds is 5. The first-order chi connectivity index (χ1) is 12.6. The minimum Gasteiger partial charge on any atom is -0.329 e. The van der Waals surface area contributed by atoms with Crippen molar-refractivity contribution >= 4 is 45.3 Å². The zero-order chi connectivity index (χ0) is 18.1. The molecule has 0 aliphatic carbocycles. The van der Waals surface area contributed by atoms with Gasteiger partial charge in [0.25, 0.3) is 0 Å². The highest BCUT2D eigenvalue weighted by Gasteiger charge is 2.27. The van der Waals surface area contributed by atoms with Gasteiger partial charge in [0.15, 0.2) is 0 Å². The second-order valence-corrected chi connectivity index (χ2v) is 7.51. The molecular formula is C17H13FN4O2S2. The lowest BCUT2D eigenvalue weighted by Gasteiger charge is -2.11. The lowest BCUT2D eigenvalue weighted by atomic mass is 10.1. The molecule has 2 aromatic heterocycles. The molecule has 1 aliphatic rings. The number of hydrogen-bond acceptors (Lipinski definition) is 6. The summed E-state index contributed by atoms with van der Waals surface area (Å²) in [6.07, 6.45) is 1.50. The Labute approximate surface area is 156 Å². The first-order valence-electron chi connectivity index (χ1n) is 7.82. The van der Waals surface area contributed by atoms with Crippen molar-refractivity contribution in [2.24, 2.45) is 0 Å². The van der Waals surface area contributed by atoms with Crippen molar-refractivity contribution in [3.63, 3.8) is 0 Å². The minimum absolute atomic E-state index is 0.0560. The molecule has 1 aromatic carbocycles. The third-order valence-electron chi connectivity index (χ3n) is 3.98. The molecule has 0 bridgehead atoms. The fourth-order valence-electron chi connectivity index (χ4n) is 2.71. The fraction of sp³-hybridized carbons (Fsp3) is 0.176. The molecule has 0 atom stereocenters. The monoisotopic (exact) mass is 388 g/mol. The van der Waals surface area contributed by atoms with Crippen molar-refractivity contribution in [1.82, 2.24) is 20.2 Å². The van der Waals surface area contributed by atoms with E-state index in [0.29, 0.717) is 12.3 Å². The van der Waals surface area contributed by atoms with E-state index in [1.54, 1.807) is 12.1 Å². The Balaban J connectivity index is 1.59. The van der Waals surface area contributed by atoms with E-state index in [-0.39, 0.29) is 24.3 Å². The van der Waals surface area contributed by atoms with Crippen molar-refractivity contribution in [1.29, 1.82) is 0 Å². The largest absolute Gasteiger partial charge is 0.329 e. The molecule has 0 saturated carbocycles. The van der Waals surface area contributed by atoms with Crippen LogP contribution >= 0.6 is 23.1 Å². The Morgan fingerprint density at radius 2 is 2.04 bits per heavy atom. The zero-order valence-corrected chi connectivity index (χ0v) is 15.1. The molecular weight excluding hydrogens is 375 g/mol. The van der Waals surface area contributed by atoms with Crippen LogP contribution in [-0.4, -0.2) is 45.6 Å².